The summed E-state index contributed by atoms with van der Waals surface area (Å²) in [6, 6.07) is 4.45. The first kappa shape index (κ1) is 15.7. The highest BCUT2D eigenvalue weighted by atomic mass is 15.3. The molecule has 4 heteroatoms. The molecule has 114 valence electrons. The second-order valence-corrected chi connectivity index (χ2v) is 6.26. The number of aryl methyl sites for hydroxylation is 3. The fraction of sp³-hybridized carbons (Fsp3) is 0.529. The van der Waals surface area contributed by atoms with Gasteiger partial charge in [-0.15, -0.1) is 0 Å². The summed E-state index contributed by atoms with van der Waals surface area (Å²) in [6.45, 7) is 13.4. The van der Waals surface area contributed by atoms with Gasteiger partial charge < -0.3 is 5.32 Å². The molecule has 0 bridgehead atoms. The quantitative estimate of drug-likeness (QED) is 0.887. The molecule has 1 aromatic carbocycles. The number of nitrogens with one attached hydrogen (secondary N) is 1. The Kier molecular flexibility index (Phi) is 5.12. The summed E-state index contributed by atoms with van der Waals surface area (Å²) in [5.74, 6) is 1.50. The third kappa shape index (κ3) is 4.39. The van der Waals surface area contributed by atoms with E-state index in [1.54, 1.807) is 0 Å². The van der Waals surface area contributed by atoms with E-state index in [-0.39, 0.29) is 0 Å². The first-order chi connectivity index (χ1) is 9.95. The van der Waals surface area contributed by atoms with E-state index in [4.69, 9.17) is 0 Å². The molecule has 2 aromatic rings. The van der Waals surface area contributed by atoms with Crippen molar-refractivity contribution in [3.8, 4) is 0 Å². The van der Waals surface area contributed by atoms with Gasteiger partial charge in [0.1, 0.15) is 6.33 Å². The minimum atomic E-state index is 0.643. The van der Waals surface area contributed by atoms with Crippen molar-refractivity contribution in [3.05, 3.63) is 46.5 Å². The van der Waals surface area contributed by atoms with Gasteiger partial charge >= 0.3 is 0 Å². The highest BCUT2D eigenvalue weighted by Crippen LogP contribution is 2.17. The summed E-state index contributed by atoms with van der Waals surface area (Å²) < 4.78 is 1.93. The number of rotatable bonds is 6. The van der Waals surface area contributed by atoms with Crippen LogP contribution in [0, 0.1) is 26.7 Å². The van der Waals surface area contributed by atoms with E-state index >= 15 is 0 Å². The first-order valence-corrected chi connectivity index (χ1v) is 7.61. The Hall–Kier alpha value is -1.68. The van der Waals surface area contributed by atoms with Crippen molar-refractivity contribution in [2.75, 3.05) is 6.54 Å². The van der Waals surface area contributed by atoms with Gasteiger partial charge in [0, 0.05) is 0 Å². The topological polar surface area (TPSA) is 42.7 Å². The smallest absolute Gasteiger partial charge is 0.164 e. The van der Waals surface area contributed by atoms with Crippen molar-refractivity contribution in [2.45, 2.75) is 47.7 Å². The van der Waals surface area contributed by atoms with Crippen LogP contribution < -0.4 is 5.32 Å². The fourth-order valence-electron chi connectivity index (χ4n) is 2.58. The van der Waals surface area contributed by atoms with Crippen molar-refractivity contribution in [2.24, 2.45) is 5.92 Å². The molecule has 4 nitrogen and oxygen atoms in total. The van der Waals surface area contributed by atoms with Crippen molar-refractivity contribution < 1.29 is 0 Å². The molecule has 0 fully saturated rings. The number of nitrogens with zero attached hydrogens (tertiary/aromatic N) is 3. The summed E-state index contributed by atoms with van der Waals surface area (Å²) >= 11 is 0. The summed E-state index contributed by atoms with van der Waals surface area (Å²) in [5, 5.41) is 7.92. The Morgan fingerprint density at radius 2 is 1.81 bits per heavy atom. The van der Waals surface area contributed by atoms with Crippen molar-refractivity contribution in [1.82, 2.24) is 20.1 Å². The van der Waals surface area contributed by atoms with Gasteiger partial charge in [-0.25, -0.2) is 9.67 Å². The molecule has 2 rings (SSSR count). The molecule has 0 atom stereocenters. The van der Waals surface area contributed by atoms with Crippen LogP contribution in [0.25, 0.3) is 0 Å². The van der Waals surface area contributed by atoms with E-state index in [2.05, 4.69) is 62.2 Å². The van der Waals surface area contributed by atoms with E-state index in [0.29, 0.717) is 5.92 Å². The van der Waals surface area contributed by atoms with Gasteiger partial charge in [0.15, 0.2) is 5.82 Å². The summed E-state index contributed by atoms with van der Waals surface area (Å²) in [4.78, 5) is 4.38. The largest absolute Gasteiger partial charge is 0.310 e. The van der Waals surface area contributed by atoms with Crippen LogP contribution in [0.15, 0.2) is 18.5 Å². The standard InChI is InChI=1S/C17H26N4/c1-12(2)8-18-9-17-19-11-21(20-17)10-16-14(4)6-13(3)7-15(16)5/h6-7,11-12,18H,8-10H2,1-5H3. The van der Waals surface area contributed by atoms with Gasteiger partial charge in [-0.1, -0.05) is 31.5 Å². The van der Waals surface area contributed by atoms with Gasteiger partial charge in [-0.3, -0.25) is 0 Å². The molecule has 0 unspecified atom stereocenters. The lowest BCUT2D eigenvalue weighted by atomic mass is 10.00. The summed E-state index contributed by atoms with van der Waals surface area (Å²) in [7, 11) is 0. The Morgan fingerprint density at radius 1 is 1.14 bits per heavy atom. The third-order valence-electron chi connectivity index (χ3n) is 3.58. The van der Waals surface area contributed by atoms with E-state index in [9.17, 15) is 0 Å². The van der Waals surface area contributed by atoms with Gasteiger partial charge in [0.05, 0.1) is 13.1 Å². The summed E-state index contributed by atoms with van der Waals surface area (Å²) in [5.41, 5.74) is 5.29. The van der Waals surface area contributed by atoms with E-state index in [1.165, 1.54) is 22.3 Å². The average molecular weight is 286 g/mol. The van der Waals surface area contributed by atoms with Crippen LogP contribution in [0.3, 0.4) is 0 Å². The van der Waals surface area contributed by atoms with E-state index in [0.717, 1.165) is 25.5 Å². The molecule has 0 aliphatic carbocycles. The summed E-state index contributed by atoms with van der Waals surface area (Å²) in [6.07, 6.45) is 1.82. The zero-order chi connectivity index (χ0) is 15.4. The Labute approximate surface area is 127 Å². The lowest BCUT2D eigenvalue weighted by Crippen LogP contribution is -2.19. The van der Waals surface area contributed by atoms with Gasteiger partial charge in [-0.2, -0.15) is 5.10 Å². The lowest BCUT2D eigenvalue weighted by Gasteiger charge is -2.11. The van der Waals surface area contributed by atoms with Crippen LogP contribution in [0.2, 0.25) is 0 Å². The highest BCUT2D eigenvalue weighted by molar-refractivity contribution is 5.37. The van der Waals surface area contributed by atoms with Crippen LogP contribution >= 0.6 is 0 Å². The van der Waals surface area contributed by atoms with Gasteiger partial charge in [0.2, 0.25) is 0 Å². The predicted octanol–water partition coefficient (Wildman–Crippen LogP) is 3.00. The highest BCUT2D eigenvalue weighted by Gasteiger charge is 2.07. The Bertz CT molecular complexity index is 576. The first-order valence-electron chi connectivity index (χ1n) is 7.61. The van der Waals surface area contributed by atoms with Crippen LogP contribution in [-0.4, -0.2) is 21.3 Å². The zero-order valence-corrected chi connectivity index (χ0v) is 13.8. The van der Waals surface area contributed by atoms with E-state index < -0.39 is 0 Å². The second-order valence-electron chi connectivity index (χ2n) is 6.26. The second kappa shape index (κ2) is 6.85. The van der Waals surface area contributed by atoms with Crippen molar-refractivity contribution >= 4 is 0 Å². The van der Waals surface area contributed by atoms with Gasteiger partial charge in [-0.05, 0) is 49.9 Å². The minimum Gasteiger partial charge on any atom is -0.310 e. The van der Waals surface area contributed by atoms with Crippen LogP contribution in [0.1, 0.15) is 41.9 Å². The van der Waals surface area contributed by atoms with Crippen LogP contribution in [0.5, 0.6) is 0 Å². The molecule has 1 N–H and O–H groups in total. The fourth-order valence-corrected chi connectivity index (χ4v) is 2.58. The molecule has 0 saturated carbocycles. The maximum atomic E-state index is 4.55. The molecule has 1 aromatic heterocycles. The van der Waals surface area contributed by atoms with Crippen LogP contribution in [-0.2, 0) is 13.1 Å². The zero-order valence-electron chi connectivity index (χ0n) is 13.8. The molecule has 0 spiro atoms. The monoisotopic (exact) mass is 286 g/mol. The van der Waals surface area contributed by atoms with Crippen molar-refractivity contribution in [1.29, 1.82) is 0 Å². The third-order valence-corrected chi connectivity index (χ3v) is 3.58. The molecule has 0 amide bonds. The average Bonchev–Trinajstić information content (AvgIpc) is 2.81. The van der Waals surface area contributed by atoms with Crippen LogP contribution in [0.4, 0.5) is 0 Å². The minimum absolute atomic E-state index is 0.643. The molecule has 1 heterocycles. The Morgan fingerprint density at radius 3 is 2.43 bits per heavy atom. The number of hydrogen-bond donors (Lipinski definition) is 1. The number of hydrogen-bond acceptors (Lipinski definition) is 3. The van der Waals surface area contributed by atoms with Crippen molar-refractivity contribution in [3.63, 3.8) is 0 Å². The normalized spacial score (nSPS) is 11.3. The lowest BCUT2D eigenvalue weighted by molar-refractivity contribution is 0.539. The molecule has 21 heavy (non-hydrogen) atoms. The van der Waals surface area contributed by atoms with Gasteiger partial charge in [0.25, 0.3) is 0 Å². The number of benzene rings is 1. The molecular formula is C17H26N4. The molecule has 0 radical (unpaired) electrons. The molecular weight excluding hydrogens is 260 g/mol. The molecule has 0 saturated heterocycles. The molecule has 0 aliphatic heterocycles. The molecule has 0 aliphatic rings. The van der Waals surface area contributed by atoms with E-state index in [1.807, 2.05) is 11.0 Å². The Balaban J connectivity index is 2.03. The SMILES string of the molecule is Cc1cc(C)c(Cn2cnc(CNCC(C)C)n2)c(C)c1. The predicted molar refractivity (Wildman–Crippen MR) is 86.3 cm³/mol. The maximum absolute atomic E-state index is 4.55. The number of aromatic nitrogens is 3. The maximum Gasteiger partial charge on any atom is 0.164 e.